The van der Waals surface area contributed by atoms with E-state index in [1.807, 2.05) is 0 Å². The van der Waals surface area contributed by atoms with E-state index in [1.54, 1.807) is 6.92 Å². The van der Waals surface area contributed by atoms with E-state index in [2.05, 4.69) is 11.8 Å². The van der Waals surface area contributed by atoms with E-state index in [4.69, 9.17) is 9.47 Å². The van der Waals surface area contributed by atoms with Crippen LogP contribution in [0.5, 0.6) is 0 Å². The van der Waals surface area contributed by atoms with Gasteiger partial charge in [0.25, 0.3) is 0 Å². The van der Waals surface area contributed by atoms with Gasteiger partial charge in [-0.15, -0.1) is 5.92 Å². The van der Waals surface area contributed by atoms with E-state index in [-0.39, 0.29) is 0 Å². The van der Waals surface area contributed by atoms with Gasteiger partial charge in [-0.25, -0.2) is 0 Å². The van der Waals surface area contributed by atoms with Crippen LogP contribution in [0.4, 0.5) is 0 Å². The summed E-state index contributed by atoms with van der Waals surface area (Å²) in [4.78, 5) is 0. The molecule has 1 aliphatic carbocycles. The second-order valence-electron chi connectivity index (χ2n) is 4.01. The Hall–Kier alpha value is -0.560. The Balaban J connectivity index is 1.99. The highest BCUT2D eigenvalue weighted by atomic mass is 16.7. The average Bonchev–Trinajstić information content (AvgIpc) is 2.61. The molecule has 0 radical (unpaired) electrons. The Labute approximate surface area is 84.4 Å². The molecule has 1 aliphatic heterocycles. The van der Waals surface area contributed by atoms with Crippen molar-refractivity contribution in [3.8, 4) is 11.8 Å². The Morgan fingerprint density at radius 1 is 1.07 bits per heavy atom. The third-order valence-corrected chi connectivity index (χ3v) is 3.01. The van der Waals surface area contributed by atoms with Crippen molar-refractivity contribution < 1.29 is 14.6 Å². The first-order chi connectivity index (χ1) is 6.68. The van der Waals surface area contributed by atoms with Crippen LogP contribution in [0.2, 0.25) is 0 Å². The second kappa shape index (κ2) is 3.54. The van der Waals surface area contributed by atoms with Gasteiger partial charge in [-0.3, -0.25) is 0 Å². The minimum atomic E-state index is -0.810. The summed E-state index contributed by atoms with van der Waals surface area (Å²) in [6, 6.07) is 0. The number of ether oxygens (including phenoxy) is 2. The normalized spacial score (nSPS) is 28.4. The van der Waals surface area contributed by atoms with Crippen LogP contribution in [0, 0.1) is 11.8 Å². The van der Waals surface area contributed by atoms with Crippen LogP contribution in [0.3, 0.4) is 0 Å². The van der Waals surface area contributed by atoms with Crippen molar-refractivity contribution >= 4 is 0 Å². The molecule has 0 aromatic heterocycles. The summed E-state index contributed by atoms with van der Waals surface area (Å²) in [6.45, 7) is 3.11. The number of hydrogen-bond acceptors (Lipinski definition) is 3. The molecule has 1 N–H and O–H groups in total. The Morgan fingerprint density at radius 2 is 1.64 bits per heavy atom. The lowest BCUT2D eigenvalue weighted by molar-refractivity contribution is -0.195. The van der Waals surface area contributed by atoms with Crippen molar-refractivity contribution in [3.63, 3.8) is 0 Å². The SMILES string of the molecule is CC#CC1(O)CCC2(CC1)OCCO2. The second-order valence-corrected chi connectivity index (χ2v) is 4.01. The summed E-state index contributed by atoms with van der Waals surface area (Å²) in [5, 5.41) is 10.0. The molecule has 1 saturated heterocycles. The molecule has 1 heterocycles. The van der Waals surface area contributed by atoms with E-state index in [1.165, 1.54) is 0 Å². The highest BCUT2D eigenvalue weighted by Crippen LogP contribution is 2.39. The Bertz CT molecular complexity index is 258. The molecule has 0 amide bonds. The molecule has 3 nitrogen and oxygen atoms in total. The van der Waals surface area contributed by atoms with E-state index >= 15 is 0 Å². The van der Waals surface area contributed by atoms with Crippen LogP contribution in [0.25, 0.3) is 0 Å². The predicted octanol–water partition coefficient (Wildman–Crippen LogP) is 1.06. The lowest BCUT2D eigenvalue weighted by Gasteiger charge is -2.37. The molecule has 14 heavy (non-hydrogen) atoms. The minimum Gasteiger partial charge on any atom is -0.378 e. The Kier molecular flexibility index (Phi) is 2.52. The van der Waals surface area contributed by atoms with Crippen molar-refractivity contribution in [3.05, 3.63) is 0 Å². The van der Waals surface area contributed by atoms with Crippen LogP contribution in [-0.4, -0.2) is 29.7 Å². The van der Waals surface area contributed by atoms with Gasteiger partial charge in [0.1, 0.15) is 5.60 Å². The average molecular weight is 196 g/mol. The molecular formula is C11H16O3. The topological polar surface area (TPSA) is 38.7 Å². The molecule has 1 spiro atoms. The van der Waals surface area contributed by atoms with E-state index in [0.29, 0.717) is 26.1 Å². The van der Waals surface area contributed by atoms with E-state index < -0.39 is 11.4 Å². The molecule has 0 atom stereocenters. The van der Waals surface area contributed by atoms with Crippen LogP contribution in [0.1, 0.15) is 32.6 Å². The lowest BCUT2D eigenvalue weighted by atomic mass is 9.82. The Morgan fingerprint density at radius 3 is 2.14 bits per heavy atom. The molecule has 2 rings (SSSR count). The molecule has 0 unspecified atom stereocenters. The molecule has 3 heteroatoms. The van der Waals surface area contributed by atoms with Crippen molar-refractivity contribution in [1.82, 2.24) is 0 Å². The standard InChI is InChI=1S/C11H16O3/c1-2-3-10(12)4-6-11(7-5-10)13-8-9-14-11/h12H,4-9H2,1H3. The summed E-state index contributed by atoms with van der Waals surface area (Å²) in [7, 11) is 0. The maximum Gasteiger partial charge on any atom is 0.168 e. The summed E-state index contributed by atoms with van der Waals surface area (Å²) in [5.41, 5.74) is -0.810. The van der Waals surface area contributed by atoms with Gasteiger partial charge in [0, 0.05) is 12.8 Å². The first-order valence-electron chi connectivity index (χ1n) is 5.12. The van der Waals surface area contributed by atoms with Crippen molar-refractivity contribution in [2.45, 2.75) is 44.0 Å². The van der Waals surface area contributed by atoms with Crippen molar-refractivity contribution in [2.75, 3.05) is 13.2 Å². The fourth-order valence-corrected chi connectivity index (χ4v) is 2.19. The molecule has 0 aromatic rings. The third kappa shape index (κ3) is 1.78. The highest BCUT2D eigenvalue weighted by molar-refractivity contribution is 5.14. The smallest absolute Gasteiger partial charge is 0.168 e. The van der Waals surface area contributed by atoms with Gasteiger partial charge >= 0.3 is 0 Å². The number of aliphatic hydroxyl groups is 1. The summed E-state index contributed by atoms with van der Waals surface area (Å²) in [5.74, 6) is 5.24. The predicted molar refractivity (Wildman–Crippen MR) is 51.5 cm³/mol. The zero-order chi connectivity index (χ0) is 10.1. The third-order valence-electron chi connectivity index (χ3n) is 3.01. The van der Waals surface area contributed by atoms with Gasteiger partial charge in [0.05, 0.1) is 13.2 Å². The fraction of sp³-hybridized carbons (Fsp3) is 0.818. The molecular weight excluding hydrogens is 180 g/mol. The van der Waals surface area contributed by atoms with Gasteiger partial charge in [0.15, 0.2) is 5.79 Å². The van der Waals surface area contributed by atoms with Gasteiger partial charge in [0.2, 0.25) is 0 Å². The highest BCUT2D eigenvalue weighted by Gasteiger charge is 2.44. The van der Waals surface area contributed by atoms with Crippen LogP contribution in [-0.2, 0) is 9.47 Å². The van der Waals surface area contributed by atoms with Crippen molar-refractivity contribution in [2.24, 2.45) is 0 Å². The van der Waals surface area contributed by atoms with Gasteiger partial charge < -0.3 is 14.6 Å². The number of hydrogen-bond donors (Lipinski definition) is 1. The van der Waals surface area contributed by atoms with Crippen LogP contribution in [0.15, 0.2) is 0 Å². The summed E-state index contributed by atoms with van der Waals surface area (Å²) >= 11 is 0. The fourth-order valence-electron chi connectivity index (χ4n) is 2.19. The van der Waals surface area contributed by atoms with E-state index in [9.17, 15) is 5.11 Å². The molecule has 78 valence electrons. The maximum atomic E-state index is 10.0. The quantitative estimate of drug-likeness (QED) is 0.589. The first kappa shape index (κ1) is 9.97. The zero-order valence-corrected chi connectivity index (χ0v) is 8.51. The minimum absolute atomic E-state index is 0.401. The molecule has 1 saturated carbocycles. The number of rotatable bonds is 0. The maximum absolute atomic E-state index is 10.0. The van der Waals surface area contributed by atoms with Crippen LogP contribution >= 0.6 is 0 Å². The van der Waals surface area contributed by atoms with Gasteiger partial charge in [-0.2, -0.15) is 0 Å². The van der Waals surface area contributed by atoms with Crippen molar-refractivity contribution in [1.29, 1.82) is 0 Å². The largest absolute Gasteiger partial charge is 0.378 e. The first-order valence-corrected chi connectivity index (χ1v) is 5.12. The molecule has 2 fully saturated rings. The summed E-state index contributed by atoms with van der Waals surface area (Å²) in [6.07, 6.45) is 2.79. The zero-order valence-electron chi connectivity index (χ0n) is 8.51. The molecule has 2 aliphatic rings. The van der Waals surface area contributed by atoms with Gasteiger partial charge in [-0.05, 0) is 19.8 Å². The molecule has 0 aromatic carbocycles. The van der Waals surface area contributed by atoms with Crippen LogP contribution < -0.4 is 0 Å². The lowest BCUT2D eigenvalue weighted by Crippen LogP contribution is -2.42. The van der Waals surface area contributed by atoms with Gasteiger partial charge in [-0.1, -0.05) is 5.92 Å². The monoisotopic (exact) mass is 196 g/mol. The molecule has 0 bridgehead atoms. The van der Waals surface area contributed by atoms with E-state index in [0.717, 1.165) is 12.8 Å². The summed E-state index contributed by atoms with van der Waals surface area (Å²) < 4.78 is 11.1.